The molecular formula is C16H22F3N3O. The van der Waals surface area contributed by atoms with Crippen LogP contribution in [0.2, 0.25) is 0 Å². The van der Waals surface area contributed by atoms with Gasteiger partial charge in [-0.2, -0.15) is 13.2 Å². The fraction of sp³-hybridized carbons (Fsp3) is 0.562. The Labute approximate surface area is 134 Å². The average molecular weight is 329 g/mol. The Hall–Kier alpha value is -1.60. The van der Waals surface area contributed by atoms with Crippen LogP contribution >= 0.6 is 0 Å². The third-order valence-corrected chi connectivity index (χ3v) is 3.97. The van der Waals surface area contributed by atoms with Crippen molar-refractivity contribution in [2.24, 2.45) is 0 Å². The van der Waals surface area contributed by atoms with Crippen molar-refractivity contribution in [3.8, 4) is 0 Å². The van der Waals surface area contributed by atoms with Crippen molar-refractivity contribution in [1.82, 2.24) is 15.1 Å². The average Bonchev–Trinajstić information content (AvgIpc) is 2.49. The predicted molar refractivity (Wildman–Crippen MR) is 82.0 cm³/mol. The highest BCUT2D eigenvalue weighted by Gasteiger charge is 2.28. The molecule has 0 radical (unpaired) electrons. The number of hydrogen-bond donors (Lipinski definition) is 1. The highest BCUT2D eigenvalue weighted by atomic mass is 19.4. The van der Waals surface area contributed by atoms with Crippen LogP contribution in [0.3, 0.4) is 0 Å². The normalized spacial score (nSPS) is 17.2. The largest absolute Gasteiger partial charge is 0.405 e. The fourth-order valence-corrected chi connectivity index (χ4v) is 2.59. The molecule has 1 aliphatic rings. The van der Waals surface area contributed by atoms with E-state index in [9.17, 15) is 18.0 Å². The second-order valence-corrected chi connectivity index (χ2v) is 5.87. The molecule has 1 aromatic rings. The van der Waals surface area contributed by atoms with Crippen LogP contribution in [0.15, 0.2) is 24.3 Å². The van der Waals surface area contributed by atoms with Gasteiger partial charge in [-0.1, -0.05) is 24.3 Å². The summed E-state index contributed by atoms with van der Waals surface area (Å²) in [5.74, 6) is -0.574. The quantitative estimate of drug-likeness (QED) is 0.895. The van der Waals surface area contributed by atoms with E-state index >= 15 is 0 Å². The summed E-state index contributed by atoms with van der Waals surface area (Å²) >= 11 is 0. The molecule has 0 spiro atoms. The van der Waals surface area contributed by atoms with Gasteiger partial charge >= 0.3 is 6.18 Å². The number of carbonyl (C=O) groups excluding carboxylic acids is 1. The molecule has 1 saturated heterocycles. The molecule has 0 aromatic heterocycles. The number of nitrogens with one attached hydrogen (secondary N) is 1. The van der Waals surface area contributed by atoms with Gasteiger partial charge in [-0.3, -0.25) is 14.6 Å². The number of hydrogen-bond acceptors (Lipinski definition) is 3. The van der Waals surface area contributed by atoms with Crippen molar-refractivity contribution in [1.29, 1.82) is 0 Å². The molecule has 1 heterocycles. The lowest BCUT2D eigenvalue weighted by Gasteiger charge is -2.34. The molecule has 0 bridgehead atoms. The zero-order valence-electron chi connectivity index (χ0n) is 13.2. The van der Waals surface area contributed by atoms with Gasteiger partial charge < -0.3 is 5.32 Å². The Morgan fingerprint density at radius 2 is 1.74 bits per heavy atom. The third kappa shape index (κ3) is 6.19. The molecule has 1 N–H and O–H groups in total. The number of carbonyl (C=O) groups is 1. The first kappa shape index (κ1) is 17.7. The number of rotatable bonds is 5. The van der Waals surface area contributed by atoms with Crippen LogP contribution in [0, 0.1) is 6.92 Å². The number of benzene rings is 1. The van der Waals surface area contributed by atoms with E-state index in [1.165, 1.54) is 11.1 Å². The first-order valence-electron chi connectivity index (χ1n) is 7.66. The zero-order valence-corrected chi connectivity index (χ0v) is 13.2. The molecular weight excluding hydrogens is 307 g/mol. The van der Waals surface area contributed by atoms with Crippen molar-refractivity contribution >= 4 is 5.91 Å². The smallest absolute Gasteiger partial charge is 0.346 e. The molecule has 0 atom stereocenters. The monoisotopic (exact) mass is 329 g/mol. The highest BCUT2D eigenvalue weighted by Crippen LogP contribution is 2.13. The van der Waals surface area contributed by atoms with E-state index in [1.807, 2.05) is 22.3 Å². The summed E-state index contributed by atoms with van der Waals surface area (Å²) in [5.41, 5.74) is 2.53. The van der Waals surface area contributed by atoms with Gasteiger partial charge in [0, 0.05) is 32.7 Å². The van der Waals surface area contributed by atoms with Crippen molar-refractivity contribution < 1.29 is 18.0 Å². The minimum absolute atomic E-state index is 0.0221. The van der Waals surface area contributed by atoms with Gasteiger partial charge in [-0.05, 0) is 18.1 Å². The van der Waals surface area contributed by atoms with Crippen LogP contribution in [-0.4, -0.2) is 61.2 Å². The third-order valence-electron chi connectivity index (χ3n) is 3.97. The molecule has 128 valence electrons. The van der Waals surface area contributed by atoms with Crippen LogP contribution in [0.5, 0.6) is 0 Å². The first-order chi connectivity index (χ1) is 10.8. The number of piperazine rings is 1. The van der Waals surface area contributed by atoms with Crippen molar-refractivity contribution in [2.45, 2.75) is 19.6 Å². The Kier molecular flexibility index (Phi) is 6.01. The van der Waals surface area contributed by atoms with Crippen molar-refractivity contribution in [3.63, 3.8) is 0 Å². The van der Waals surface area contributed by atoms with Crippen LogP contribution in [0.1, 0.15) is 11.1 Å². The summed E-state index contributed by atoms with van der Waals surface area (Å²) in [7, 11) is 0. The van der Waals surface area contributed by atoms with E-state index in [-0.39, 0.29) is 6.54 Å². The highest BCUT2D eigenvalue weighted by molar-refractivity contribution is 5.78. The molecule has 1 amide bonds. The van der Waals surface area contributed by atoms with Crippen LogP contribution in [0.25, 0.3) is 0 Å². The zero-order chi connectivity index (χ0) is 16.9. The van der Waals surface area contributed by atoms with E-state index in [0.717, 1.165) is 19.6 Å². The van der Waals surface area contributed by atoms with Crippen LogP contribution in [0.4, 0.5) is 13.2 Å². The number of halogens is 3. The minimum atomic E-state index is -4.36. The lowest BCUT2D eigenvalue weighted by Crippen LogP contribution is -2.49. The predicted octanol–water partition coefficient (Wildman–Crippen LogP) is 1.79. The van der Waals surface area contributed by atoms with E-state index in [1.54, 1.807) is 0 Å². The standard InChI is InChI=1S/C16H22F3N3O/c1-13-4-2-3-5-14(13)10-21-6-8-22(9-7-21)11-15(23)20-12-16(17,18)19/h2-5H,6-12H2,1H3,(H,20,23). The number of amides is 1. The van der Waals surface area contributed by atoms with Gasteiger partial charge in [0.15, 0.2) is 0 Å². The van der Waals surface area contributed by atoms with E-state index in [2.05, 4.69) is 24.0 Å². The van der Waals surface area contributed by atoms with Gasteiger partial charge in [0.25, 0.3) is 0 Å². The maximum Gasteiger partial charge on any atom is 0.405 e. The van der Waals surface area contributed by atoms with Gasteiger partial charge in [0.05, 0.1) is 6.54 Å². The maximum atomic E-state index is 12.1. The second kappa shape index (κ2) is 7.79. The number of nitrogens with zero attached hydrogens (tertiary/aromatic N) is 2. The maximum absolute atomic E-state index is 12.1. The minimum Gasteiger partial charge on any atom is -0.346 e. The molecule has 0 saturated carbocycles. The Morgan fingerprint density at radius 1 is 1.13 bits per heavy atom. The summed E-state index contributed by atoms with van der Waals surface area (Å²) < 4.78 is 36.2. The van der Waals surface area contributed by atoms with Gasteiger partial charge in [0.1, 0.15) is 6.54 Å². The van der Waals surface area contributed by atoms with Crippen LogP contribution in [-0.2, 0) is 11.3 Å². The first-order valence-corrected chi connectivity index (χ1v) is 7.66. The summed E-state index contributed by atoms with van der Waals surface area (Å²) in [4.78, 5) is 15.7. The van der Waals surface area contributed by atoms with E-state index in [4.69, 9.17) is 0 Å². The SMILES string of the molecule is Cc1ccccc1CN1CCN(CC(=O)NCC(F)(F)F)CC1. The molecule has 7 heteroatoms. The molecule has 23 heavy (non-hydrogen) atoms. The van der Waals surface area contributed by atoms with Crippen molar-refractivity contribution in [3.05, 3.63) is 35.4 Å². The van der Waals surface area contributed by atoms with E-state index < -0.39 is 18.6 Å². The van der Waals surface area contributed by atoms with Crippen molar-refractivity contribution in [2.75, 3.05) is 39.3 Å². The molecule has 0 unspecified atom stereocenters. The van der Waals surface area contributed by atoms with Crippen LogP contribution < -0.4 is 5.32 Å². The molecule has 4 nitrogen and oxygen atoms in total. The van der Waals surface area contributed by atoms with Gasteiger partial charge in [0.2, 0.25) is 5.91 Å². The Morgan fingerprint density at radius 3 is 2.35 bits per heavy atom. The molecule has 2 rings (SSSR count). The Bertz CT molecular complexity index is 526. The second-order valence-electron chi connectivity index (χ2n) is 5.87. The number of alkyl halides is 3. The molecule has 1 aliphatic heterocycles. The summed E-state index contributed by atoms with van der Waals surface area (Å²) in [6.07, 6.45) is -4.36. The summed E-state index contributed by atoms with van der Waals surface area (Å²) in [6, 6.07) is 8.21. The number of aryl methyl sites for hydroxylation is 1. The van der Waals surface area contributed by atoms with Gasteiger partial charge in [-0.25, -0.2) is 0 Å². The summed E-state index contributed by atoms with van der Waals surface area (Å²) in [5, 5.41) is 1.91. The Balaban J connectivity index is 1.72. The lowest BCUT2D eigenvalue weighted by molar-refractivity contribution is -0.139. The van der Waals surface area contributed by atoms with E-state index in [0.29, 0.717) is 13.1 Å². The van der Waals surface area contributed by atoms with Gasteiger partial charge in [-0.15, -0.1) is 0 Å². The lowest BCUT2D eigenvalue weighted by atomic mass is 10.1. The molecule has 1 fully saturated rings. The topological polar surface area (TPSA) is 35.6 Å². The summed E-state index contributed by atoms with van der Waals surface area (Å²) in [6.45, 7) is 4.68. The fourth-order valence-electron chi connectivity index (χ4n) is 2.59. The molecule has 0 aliphatic carbocycles. The molecule has 1 aromatic carbocycles.